The minimum Gasteiger partial charge on any atom is -0.496 e. The molecule has 17 nitrogen and oxygen atoms in total. The number of methoxy groups -OCH3 is 1. The predicted octanol–water partition coefficient (Wildman–Crippen LogP) is 10.9. The Morgan fingerprint density at radius 2 is 1.55 bits per heavy atom. The van der Waals surface area contributed by atoms with Crippen molar-refractivity contribution in [2.24, 2.45) is 0 Å². The number of phosphoric ester groups is 1. The summed E-state index contributed by atoms with van der Waals surface area (Å²) in [5.74, 6) is 1.07. The SMILES string of the molecule is COc1ccccc1-c1nccc(COc2ccccc2CC(Nc2ncnn3cc4c5ccc(F)cc5c5c(Cl)c(OCCN6CCN(C)CC6)ccc5c4c23)C(=O)OCOP(=O)(OC(C)(C)C)OC(C)(C)C)n1. The molecular weight excluding hydrogens is 1000 g/mol. The third kappa shape index (κ3) is 12.6. The minimum atomic E-state index is -4.28. The van der Waals surface area contributed by atoms with Crippen molar-refractivity contribution in [3.05, 3.63) is 126 Å². The number of benzene rings is 5. The number of ether oxygens (including phenoxy) is 4. The van der Waals surface area contributed by atoms with E-state index in [-0.39, 0.29) is 18.8 Å². The van der Waals surface area contributed by atoms with Crippen molar-refractivity contribution >= 4 is 69.0 Å². The average molecular weight is 1060 g/mol. The van der Waals surface area contributed by atoms with E-state index in [4.69, 9.17) is 54.1 Å². The van der Waals surface area contributed by atoms with Gasteiger partial charge in [0.25, 0.3) is 0 Å². The molecule has 1 fully saturated rings. The number of carbonyl (C=O) groups is 1. The molecule has 1 N–H and O–H groups in total. The van der Waals surface area contributed by atoms with E-state index in [9.17, 15) is 9.36 Å². The maximum absolute atomic E-state index is 15.2. The van der Waals surface area contributed by atoms with Crippen molar-refractivity contribution < 1.29 is 46.3 Å². The lowest BCUT2D eigenvalue weighted by Crippen LogP contribution is -2.45. The summed E-state index contributed by atoms with van der Waals surface area (Å²) in [6.07, 6.45) is 4.86. The number of rotatable bonds is 19. The molecule has 0 spiro atoms. The molecule has 3 aromatic heterocycles. The van der Waals surface area contributed by atoms with Gasteiger partial charge < -0.3 is 29.2 Å². The lowest BCUT2D eigenvalue weighted by Gasteiger charge is -2.32. The first kappa shape index (κ1) is 53.3. The van der Waals surface area contributed by atoms with E-state index in [0.717, 1.165) is 43.7 Å². The van der Waals surface area contributed by atoms with E-state index in [1.165, 1.54) is 18.5 Å². The average Bonchev–Trinajstić information content (AvgIpc) is 3.77. The Hall–Kier alpha value is -6.50. The third-order valence-electron chi connectivity index (χ3n) is 12.4. The Balaban J connectivity index is 1.07. The Labute approximate surface area is 439 Å². The first-order chi connectivity index (χ1) is 35.8. The molecule has 394 valence electrons. The highest BCUT2D eigenvalue weighted by molar-refractivity contribution is 7.48. The largest absolute Gasteiger partial charge is 0.496 e. The van der Waals surface area contributed by atoms with Crippen LogP contribution in [0.3, 0.4) is 0 Å². The molecule has 1 aliphatic heterocycles. The van der Waals surface area contributed by atoms with Gasteiger partial charge in [-0.3, -0.25) is 13.9 Å². The van der Waals surface area contributed by atoms with Gasteiger partial charge in [-0.15, -0.1) is 0 Å². The van der Waals surface area contributed by atoms with E-state index < -0.39 is 43.6 Å². The number of hydrogen-bond donors (Lipinski definition) is 1. The molecule has 1 aliphatic rings. The van der Waals surface area contributed by atoms with Crippen LogP contribution >= 0.6 is 19.4 Å². The van der Waals surface area contributed by atoms with E-state index in [1.54, 1.807) is 77.6 Å². The number of likely N-dealkylation sites (N-methyl/N-ethyl adjacent to an activating group) is 1. The van der Waals surface area contributed by atoms with Crippen LogP contribution in [0.25, 0.3) is 49.2 Å². The summed E-state index contributed by atoms with van der Waals surface area (Å²) in [5, 5.41) is 12.3. The van der Waals surface area contributed by atoms with E-state index in [2.05, 4.69) is 32.2 Å². The zero-order valence-corrected chi connectivity index (χ0v) is 44.9. The fraction of sp³-hybridized carbons (Fsp3) is 0.364. The fourth-order valence-electron chi connectivity index (χ4n) is 9.02. The van der Waals surface area contributed by atoms with Gasteiger partial charge >= 0.3 is 13.8 Å². The van der Waals surface area contributed by atoms with Crippen molar-refractivity contribution in [2.75, 3.05) is 65.6 Å². The molecule has 4 heterocycles. The summed E-state index contributed by atoms with van der Waals surface area (Å²) in [7, 11) is -0.575. The number of nitrogens with zero attached hydrogens (tertiary/aromatic N) is 7. The molecule has 0 radical (unpaired) electrons. The van der Waals surface area contributed by atoms with Gasteiger partial charge in [-0.1, -0.05) is 48.0 Å². The lowest BCUT2D eigenvalue weighted by atomic mass is 9.95. The van der Waals surface area contributed by atoms with Crippen LogP contribution in [-0.4, -0.2) is 118 Å². The molecule has 1 saturated heterocycles. The molecule has 1 unspecified atom stereocenters. The van der Waals surface area contributed by atoms with Crippen molar-refractivity contribution in [1.82, 2.24) is 34.4 Å². The molecule has 0 amide bonds. The highest BCUT2D eigenvalue weighted by Gasteiger charge is 2.38. The topological polar surface area (TPSA) is 173 Å². The van der Waals surface area contributed by atoms with Gasteiger partial charge in [-0.05, 0) is 119 Å². The van der Waals surface area contributed by atoms with Gasteiger partial charge in [0.15, 0.2) is 11.6 Å². The Morgan fingerprint density at radius 1 is 0.827 bits per heavy atom. The van der Waals surface area contributed by atoms with Gasteiger partial charge in [0.2, 0.25) is 6.79 Å². The number of nitrogens with one attached hydrogen (secondary N) is 1. The van der Waals surface area contributed by atoms with E-state index in [0.29, 0.717) is 78.4 Å². The van der Waals surface area contributed by atoms with Crippen LogP contribution in [0.15, 0.2) is 104 Å². The molecule has 75 heavy (non-hydrogen) atoms. The highest BCUT2D eigenvalue weighted by Crippen LogP contribution is 2.55. The Morgan fingerprint density at radius 3 is 2.29 bits per heavy atom. The maximum Gasteiger partial charge on any atom is 0.478 e. The van der Waals surface area contributed by atoms with E-state index >= 15 is 4.39 Å². The standard InChI is InChI=1S/C55H61ClFN8O9P/c1-54(2,3)73-75(67,74-55(4,5)6)72-34-71-53(66)43(29-35-13-9-11-15-44(35)70-32-37-21-22-58-51(61-37)39-14-10-12-16-45(39)68-8)62-52-50-48-40-19-20-46(69-28-27-64-25-23-63(7)24-26-64)49(56)47(40)41-30-36(57)17-18-38(41)42(48)31-65(50)60-33-59-52/h9-22,30-31,33,43H,23-29,32,34H2,1-8H3,(H,59,60,62). The molecule has 0 aliphatic carbocycles. The second-order valence-corrected chi connectivity index (χ2v) is 22.1. The molecule has 8 aromatic rings. The number of piperazine rings is 1. The van der Waals surface area contributed by atoms with Gasteiger partial charge in [0.1, 0.15) is 54.2 Å². The molecule has 0 bridgehead atoms. The van der Waals surface area contributed by atoms with Crippen LogP contribution in [-0.2, 0) is 40.7 Å². The van der Waals surface area contributed by atoms with Gasteiger partial charge in [-0.25, -0.2) is 37.7 Å². The first-order valence-corrected chi connectivity index (χ1v) is 26.5. The van der Waals surface area contributed by atoms with Crippen LogP contribution in [0.2, 0.25) is 5.02 Å². The summed E-state index contributed by atoms with van der Waals surface area (Å²) in [6, 6.07) is 23.7. The fourth-order valence-corrected chi connectivity index (χ4v) is 11.0. The zero-order chi connectivity index (χ0) is 53.1. The van der Waals surface area contributed by atoms with E-state index in [1.807, 2.05) is 60.8 Å². The van der Waals surface area contributed by atoms with Crippen LogP contribution in [0.1, 0.15) is 52.8 Å². The summed E-state index contributed by atoms with van der Waals surface area (Å²) in [5.41, 5.74) is 0.571. The number of hydrogen-bond acceptors (Lipinski definition) is 16. The van der Waals surface area contributed by atoms with Crippen LogP contribution in [0.5, 0.6) is 17.2 Å². The summed E-state index contributed by atoms with van der Waals surface area (Å²) >= 11 is 7.31. The Kier molecular flexibility index (Phi) is 15.9. The van der Waals surface area contributed by atoms with Crippen molar-refractivity contribution in [2.45, 2.75) is 71.8 Å². The molecule has 1 atom stereocenters. The predicted molar refractivity (Wildman–Crippen MR) is 287 cm³/mol. The second-order valence-electron chi connectivity index (χ2n) is 20.2. The van der Waals surface area contributed by atoms with Crippen molar-refractivity contribution in [3.63, 3.8) is 0 Å². The molecule has 20 heteroatoms. The number of fused-ring (bicyclic) bond motifs is 8. The van der Waals surface area contributed by atoms with Gasteiger partial charge in [-0.2, -0.15) is 5.10 Å². The summed E-state index contributed by atoms with van der Waals surface area (Å²) in [4.78, 5) is 33.3. The van der Waals surface area contributed by atoms with Crippen LogP contribution in [0, 0.1) is 5.82 Å². The van der Waals surface area contributed by atoms with Crippen molar-refractivity contribution in [1.29, 1.82) is 0 Å². The number of carbonyl (C=O) groups excluding carboxylic acids is 1. The quantitative estimate of drug-likeness (QED) is 0.0350. The smallest absolute Gasteiger partial charge is 0.478 e. The zero-order valence-electron chi connectivity index (χ0n) is 43.3. The number of anilines is 1. The Bertz CT molecular complexity index is 3400. The maximum atomic E-state index is 15.2. The number of para-hydroxylation sites is 2. The van der Waals surface area contributed by atoms with Crippen molar-refractivity contribution in [3.8, 4) is 28.6 Å². The van der Waals surface area contributed by atoms with Crippen LogP contribution < -0.4 is 19.5 Å². The lowest BCUT2D eigenvalue weighted by molar-refractivity contribution is -0.153. The third-order valence-corrected chi connectivity index (χ3v) is 14.7. The van der Waals surface area contributed by atoms with Crippen LogP contribution in [0.4, 0.5) is 10.2 Å². The first-order valence-electron chi connectivity index (χ1n) is 24.6. The normalized spacial score (nSPS) is 14.4. The number of phosphoric acid groups is 1. The van der Waals surface area contributed by atoms with Gasteiger partial charge in [0, 0.05) is 67.7 Å². The number of halogens is 2. The highest BCUT2D eigenvalue weighted by atomic mass is 35.5. The number of aromatic nitrogens is 5. The molecule has 0 saturated carbocycles. The summed E-state index contributed by atoms with van der Waals surface area (Å²) < 4.78 is 72.3. The summed E-state index contributed by atoms with van der Waals surface area (Å²) in [6.45, 7) is 14.5. The molecule has 5 aromatic carbocycles. The monoisotopic (exact) mass is 1060 g/mol. The minimum absolute atomic E-state index is 0.00168. The molecule has 9 rings (SSSR count). The van der Waals surface area contributed by atoms with Gasteiger partial charge in [0.05, 0.1) is 34.6 Å². The second kappa shape index (κ2) is 22.4. The number of esters is 1. The molecular formula is C55H61ClFN8O9P.